The van der Waals surface area contributed by atoms with Gasteiger partial charge in [-0.2, -0.15) is 0 Å². The predicted octanol–water partition coefficient (Wildman–Crippen LogP) is 3.57. The zero-order chi connectivity index (χ0) is 20.9. The van der Waals surface area contributed by atoms with Crippen molar-refractivity contribution in [2.24, 2.45) is 0 Å². The van der Waals surface area contributed by atoms with Crippen LogP contribution in [-0.2, 0) is 4.79 Å². The Morgan fingerprint density at radius 1 is 1.13 bits per heavy atom. The van der Waals surface area contributed by atoms with Gasteiger partial charge in [0.25, 0.3) is 5.22 Å². The minimum absolute atomic E-state index is 0.0874. The molecule has 0 bridgehead atoms. The third-order valence-corrected chi connectivity index (χ3v) is 5.93. The molecule has 0 radical (unpaired) electrons. The molecular formula is C22H24N4O3S. The Hall–Kier alpha value is -3.00. The number of piperazine rings is 1. The third kappa shape index (κ3) is 4.59. The highest BCUT2D eigenvalue weighted by molar-refractivity contribution is 7.99. The molecule has 0 aliphatic carbocycles. The van der Waals surface area contributed by atoms with Crippen LogP contribution in [0.5, 0.6) is 5.75 Å². The van der Waals surface area contributed by atoms with Gasteiger partial charge >= 0.3 is 0 Å². The number of carbonyl (C=O) groups is 1. The first-order valence-electron chi connectivity index (χ1n) is 9.84. The summed E-state index contributed by atoms with van der Waals surface area (Å²) >= 11 is 1.27. The number of methoxy groups -OCH3 is 1. The molecule has 156 valence electrons. The first-order chi connectivity index (χ1) is 14.6. The number of nitrogens with zero attached hydrogens (tertiary/aromatic N) is 4. The molecule has 1 atom stereocenters. The van der Waals surface area contributed by atoms with E-state index in [1.165, 1.54) is 17.4 Å². The van der Waals surface area contributed by atoms with Gasteiger partial charge in [-0.25, -0.2) is 0 Å². The highest BCUT2D eigenvalue weighted by Gasteiger charge is 2.27. The topological polar surface area (TPSA) is 71.7 Å². The number of aromatic nitrogens is 2. The molecule has 2 aromatic carbocycles. The molecule has 4 rings (SSSR count). The SMILES string of the molecule is COc1ccc(-c2nnc(SCC(=O)N3CCN(c4ccccc4)CC3C)o2)cc1. The van der Waals surface area contributed by atoms with Crippen molar-refractivity contribution in [2.45, 2.75) is 18.2 Å². The van der Waals surface area contributed by atoms with Gasteiger partial charge in [0.05, 0.1) is 12.9 Å². The lowest BCUT2D eigenvalue weighted by atomic mass is 10.1. The number of para-hydroxylation sites is 1. The minimum Gasteiger partial charge on any atom is -0.497 e. The molecule has 1 fully saturated rings. The fraction of sp³-hybridized carbons (Fsp3) is 0.318. The smallest absolute Gasteiger partial charge is 0.277 e. The molecule has 3 aromatic rings. The van der Waals surface area contributed by atoms with Crippen LogP contribution in [0.25, 0.3) is 11.5 Å². The molecule has 7 nitrogen and oxygen atoms in total. The third-order valence-electron chi connectivity index (χ3n) is 5.13. The van der Waals surface area contributed by atoms with Crippen molar-refractivity contribution >= 4 is 23.4 Å². The zero-order valence-electron chi connectivity index (χ0n) is 17.0. The number of rotatable bonds is 6. The van der Waals surface area contributed by atoms with E-state index >= 15 is 0 Å². The fourth-order valence-corrected chi connectivity index (χ4v) is 4.18. The van der Waals surface area contributed by atoms with Crippen molar-refractivity contribution in [1.82, 2.24) is 15.1 Å². The Morgan fingerprint density at radius 2 is 1.90 bits per heavy atom. The summed E-state index contributed by atoms with van der Waals surface area (Å²) in [4.78, 5) is 17.0. The molecule has 1 unspecified atom stereocenters. The van der Waals surface area contributed by atoms with Crippen LogP contribution in [0.15, 0.2) is 64.2 Å². The van der Waals surface area contributed by atoms with E-state index in [4.69, 9.17) is 9.15 Å². The van der Waals surface area contributed by atoms with Crippen LogP contribution in [0.4, 0.5) is 5.69 Å². The Kier molecular flexibility index (Phi) is 6.23. The number of hydrogen-bond acceptors (Lipinski definition) is 7. The van der Waals surface area contributed by atoms with Crippen molar-refractivity contribution < 1.29 is 13.9 Å². The second-order valence-electron chi connectivity index (χ2n) is 7.11. The maximum Gasteiger partial charge on any atom is 0.277 e. The summed E-state index contributed by atoms with van der Waals surface area (Å²) in [7, 11) is 1.62. The first-order valence-corrected chi connectivity index (χ1v) is 10.8. The first kappa shape index (κ1) is 20.3. The summed E-state index contributed by atoms with van der Waals surface area (Å²) in [6.45, 7) is 4.44. The fourth-order valence-electron chi connectivity index (χ4n) is 3.53. The van der Waals surface area contributed by atoms with Crippen LogP contribution < -0.4 is 9.64 Å². The molecule has 1 aromatic heterocycles. The second kappa shape index (κ2) is 9.21. The van der Waals surface area contributed by atoms with Crippen LogP contribution in [0.3, 0.4) is 0 Å². The normalized spacial score (nSPS) is 16.5. The zero-order valence-corrected chi connectivity index (χ0v) is 17.8. The second-order valence-corrected chi connectivity index (χ2v) is 8.03. The largest absolute Gasteiger partial charge is 0.497 e. The molecule has 2 heterocycles. The average Bonchev–Trinajstić information content (AvgIpc) is 3.27. The van der Waals surface area contributed by atoms with Gasteiger partial charge in [0, 0.05) is 36.9 Å². The van der Waals surface area contributed by atoms with E-state index in [1.807, 2.05) is 47.4 Å². The molecule has 0 spiro atoms. The van der Waals surface area contributed by atoms with Gasteiger partial charge in [-0.1, -0.05) is 30.0 Å². The Morgan fingerprint density at radius 3 is 2.60 bits per heavy atom. The van der Waals surface area contributed by atoms with E-state index < -0.39 is 0 Å². The number of thioether (sulfide) groups is 1. The van der Waals surface area contributed by atoms with E-state index in [-0.39, 0.29) is 17.7 Å². The number of carbonyl (C=O) groups excluding carboxylic acids is 1. The molecule has 0 saturated carbocycles. The van der Waals surface area contributed by atoms with Gasteiger partial charge in [-0.15, -0.1) is 10.2 Å². The number of hydrogen-bond donors (Lipinski definition) is 0. The number of ether oxygens (including phenoxy) is 1. The Balaban J connectivity index is 1.31. The number of anilines is 1. The number of benzene rings is 2. The van der Waals surface area contributed by atoms with E-state index in [9.17, 15) is 4.79 Å². The van der Waals surface area contributed by atoms with Crippen molar-refractivity contribution in [3.8, 4) is 17.2 Å². The molecule has 1 saturated heterocycles. The van der Waals surface area contributed by atoms with Crippen LogP contribution in [0.1, 0.15) is 6.92 Å². The van der Waals surface area contributed by atoms with E-state index in [0.717, 1.165) is 24.4 Å². The molecule has 1 aliphatic heterocycles. The summed E-state index contributed by atoms with van der Waals surface area (Å²) < 4.78 is 10.9. The van der Waals surface area contributed by atoms with E-state index in [1.54, 1.807) is 7.11 Å². The lowest BCUT2D eigenvalue weighted by molar-refractivity contribution is -0.130. The lowest BCUT2D eigenvalue weighted by Crippen LogP contribution is -2.54. The summed E-state index contributed by atoms with van der Waals surface area (Å²) in [5.41, 5.74) is 2.01. The van der Waals surface area contributed by atoms with Crippen molar-refractivity contribution in [3.63, 3.8) is 0 Å². The van der Waals surface area contributed by atoms with E-state index in [2.05, 4.69) is 34.2 Å². The summed E-state index contributed by atoms with van der Waals surface area (Å²) in [5.74, 6) is 1.56. The highest BCUT2D eigenvalue weighted by Crippen LogP contribution is 2.26. The molecule has 30 heavy (non-hydrogen) atoms. The Bertz CT molecular complexity index is 978. The average molecular weight is 425 g/mol. The quantitative estimate of drug-likeness (QED) is 0.560. The van der Waals surface area contributed by atoms with Gasteiger partial charge in [0.2, 0.25) is 11.8 Å². The summed E-state index contributed by atoms with van der Waals surface area (Å²) in [5, 5.41) is 8.53. The molecule has 1 amide bonds. The highest BCUT2D eigenvalue weighted by atomic mass is 32.2. The Labute approximate surface area is 180 Å². The van der Waals surface area contributed by atoms with Crippen molar-refractivity contribution in [1.29, 1.82) is 0 Å². The van der Waals surface area contributed by atoms with E-state index in [0.29, 0.717) is 17.7 Å². The molecule has 1 aliphatic rings. The van der Waals surface area contributed by atoms with Crippen molar-refractivity contribution in [2.75, 3.05) is 37.4 Å². The maximum absolute atomic E-state index is 12.8. The predicted molar refractivity (Wildman–Crippen MR) is 117 cm³/mol. The number of amides is 1. The van der Waals surface area contributed by atoms with Gasteiger partial charge < -0.3 is 19.0 Å². The minimum atomic E-state index is 0.0874. The lowest BCUT2D eigenvalue weighted by Gasteiger charge is -2.41. The van der Waals surface area contributed by atoms with Crippen molar-refractivity contribution in [3.05, 3.63) is 54.6 Å². The van der Waals surface area contributed by atoms with Gasteiger partial charge in [-0.05, 0) is 43.3 Å². The summed E-state index contributed by atoms with van der Waals surface area (Å²) in [6, 6.07) is 17.9. The maximum atomic E-state index is 12.8. The monoisotopic (exact) mass is 424 g/mol. The summed E-state index contributed by atoms with van der Waals surface area (Å²) in [6.07, 6.45) is 0. The van der Waals surface area contributed by atoms with Crippen LogP contribution in [-0.4, -0.2) is 59.5 Å². The standard InChI is InChI=1S/C22H24N4O3S/c1-16-14-25(18-6-4-3-5-7-18)12-13-26(16)20(27)15-30-22-24-23-21(29-22)17-8-10-19(28-2)11-9-17/h3-11,16H,12-15H2,1-2H3. The van der Waals surface area contributed by atoms with Gasteiger partial charge in [0.15, 0.2) is 0 Å². The van der Waals surface area contributed by atoms with Gasteiger partial charge in [0.1, 0.15) is 5.75 Å². The van der Waals surface area contributed by atoms with Crippen LogP contribution >= 0.6 is 11.8 Å². The van der Waals surface area contributed by atoms with Gasteiger partial charge in [-0.3, -0.25) is 4.79 Å². The van der Waals surface area contributed by atoms with Crippen LogP contribution in [0, 0.1) is 0 Å². The molecule has 0 N–H and O–H groups in total. The van der Waals surface area contributed by atoms with Crippen LogP contribution in [0.2, 0.25) is 0 Å². The molecule has 8 heteroatoms. The molecular weight excluding hydrogens is 400 g/mol.